The van der Waals surface area contributed by atoms with E-state index in [9.17, 15) is 33.9 Å². The second-order valence-corrected chi connectivity index (χ2v) is 14.4. The first-order valence-electron chi connectivity index (χ1n) is 19.6. The zero-order chi connectivity index (χ0) is 41.3. The van der Waals surface area contributed by atoms with Crippen LogP contribution in [0.5, 0.6) is 0 Å². The van der Waals surface area contributed by atoms with Gasteiger partial charge in [-0.2, -0.15) is 0 Å². The zero-order valence-corrected chi connectivity index (χ0v) is 32.7. The molecule has 4 atom stereocenters. The predicted octanol–water partition coefficient (Wildman–Crippen LogP) is 2.86. The Kier molecular flexibility index (Phi) is 16.9. The molecule has 308 valence electrons. The standard InChI is InChI=1S/C41H56N8O8/c1-3-4-18-31-36(51)46-32(21-13-23-44-40(42)43)37(52)47-34(39(54)55)20-10-9-19-33(38(53)49(2)24-12-11-22-35(50)45-31)48-41(56)57-25-30-28-16-7-5-14-26(28)27-15-6-8-17-29(27)30/h3-8,14-17,30-34H,9-13,18-25H2,1-2H3,(H,45,50)(H,46,51)(H,47,52)(H,48,56)(H,54,55)(H4,42,43,44)/t31-,32-,33-,34-/m0/s1. The number of hydrogen-bond acceptors (Lipinski definition) is 8. The quantitative estimate of drug-likeness (QED) is 0.0757. The zero-order valence-electron chi connectivity index (χ0n) is 32.7. The summed E-state index contributed by atoms with van der Waals surface area (Å²) < 4.78 is 5.74. The Bertz CT molecular complexity index is 1740. The summed E-state index contributed by atoms with van der Waals surface area (Å²) in [5, 5.41) is 30.8. The van der Waals surface area contributed by atoms with Crippen LogP contribution in [0.1, 0.15) is 88.2 Å². The fraction of sp³-hybridized carbons (Fsp3) is 0.488. The summed E-state index contributed by atoms with van der Waals surface area (Å²) in [4.78, 5) is 80.8. The Hall–Kier alpha value is -5.93. The molecule has 0 spiro atoms. The molecule has 57 heavy (non-hydrogen) atoms. The Labute approximate surface area is 333 Å². The van der Waals surface area contributed by atoms with E-state index in [1.54, 1.807) is 26.1 Å². The Morgan fingerprint density at radius 3 is 2.23 bits per heavy atom. The predicted molar refractivity (Wildman–Crippen MR) is 214 cm³/mol. The summed E-state index contributed by atoms with van der Waals surface area (Å²) >= 11 is 0. The van der Waals surface area contributed by atoms with Gasteiger partial charge in [-0.3, -0.25) is 24.6 Å². The fourth-order valence-corrected chi connectivity index (χ4v) is 7.12. The van der Waals surface area contributed by atoms with Gasteiger partial charge in [0.2, 0.25) is 23.6 Å². The molecule has 0 radical (unpaired) electrons. The lowest BCUT2D eigenvalue weighted by Crippen LogP contribution is -2.55. The number of alkyl carbamates (subject to hydrolysis) is 1. The number of ether oxygens (including phenoxy) is 1. The number of allylic oxidation sites excluding steroid dienone is 1. The van der Waals surface area contributed by atoms with E-state index in [2.05, 4.69) is 26.6 Å². The lowest BCUT2D eigenvalue weighted by Gasteiger charge is -2.26. The highest BCUT2D eigenvalue weighted by molar-refractivity contribution is 5.93. The van der Waals surface area contributed by atoms with Crippen molar-refractivity contribution >= 4 is 41.7 Å². The summed E-state index contributed by atoms with van der Waals surface area (Å²) in [6.07, 6.45) is 4.99. The van der Waals surface area contributed by atoms with E-state index >= 15 is 0 Å². The van der Waals surface area contributed by atoms with Gasteiger partial charge in [-0.05, 0) is 74.1 Å². The molecule has 2 aromatic carbocycles. The van der Waals surface area contributed by atoms with Gasteiger partial charge in [0.05, 0.1) is 0 Å². The normalized spacial score (nSPS) is 21.7. The largest absolute Gasteiger partial charge is 0.480 e. The number of amides is 5. The highest BCUT2D eigenvalue weighted by Crippen LogP contribution is 2.44. The van der Waals surface area contributed by atoms with Crippen molar-refractivity contribution in [1.82, 2.24) is 31.5 Å². The highest BCUT2D eigenvalue weighted by Gasteiger charge is 2.32. The van der Waals surface area contributed by atoms with Gasteiger partial charge >= 0.3 is 12.1 Å². The summed E-state index contributed by atoms with van der Waals surface area (Å²) in [6, 6.07) is 11.5. The topological polar surface area (TPSA) is 245 Å². The van der Waals surface area contributed by atoms with Crippen molar-refractivity contribution in [3.05, 3.63) is 71.8 Å². The number of hydrogen-bond donors (Lipinski definition) is 8. The van der Waals surface area contributed by atoms with Crippen molar-refractivity contribution in [1.29, 1.82) is 5.41 Å². The van der Waals surface area contributed by atoms with Gasteiger partial charge in [0.15, 0.2) is 5.96 Å². The van der Waals surface area contributed by atoms with E-state index in [0.29, 0.717) is 32.2 Å². The molecule has 16 nitrogen and oxygen atoms in total. The minimum absolute atomic E-state index is 0.00923. The summed E-state index contributed by atoms with van der Waals surface area (Å²) in [6.45, 7) is 2.36. The molecule has 0 bridgehead atoms. The van der Waals surface area contributed by atoms with Crippen LogP contribution in [0, 0.1) is 5.41 Å². The number of guanidine groups is 1. The van der Waals surface area contributed by atoms with E-state index in [0.717, 1.165) is 22.3 Å². The molecular weight excluding hydrogens is 732 g/mol. The number of carbonyl (C=O) groups excluding carboxylic acids is 5. The van der Waals surface area contributed by atoms with Crippen LogP contribution >= 0.6 is 0 Å². The molecule has 2 aromatic rings. The smallest absolute Gasteiger partial charge is 0.407 e. The number of nitrogens with two attached hydrogens (primary N) is 1. The average Bonchev–Trinajstić information content (AvgIpc) is 3.51. The molecule has 4 rings (SSSR count). The van der Waals surface area contributed by atoms with Crippen LogP contribution in [0.25, 0.3) is 11.1 Å². The molecular formula is C41H56N8O8. The monoisotopic (exact) mass is 788 g/mol. The van der Waals surface area contributed by atoms with E-state index in [-0.39, 0.29) is 69.5 Å². The first kappa shape index (κ1) is 43.8. The third-order valence-electron chi connectivity index (χ3n) is 10.2. The van der Waals surface area contributed by atoms with E-state index in [4.69, 9.17) is 15.9 Å². The molecule has 5 amide bonds. The van der Waals surface area contributed by atoms with Crippen molar-refractivity contribution < 1.29 is 38.6 Å². The fourth-order valence-electron chi connectivity index (χ4n) is 7.12. The lowest BCUT2D eigenvalue weighted by atomic mass is 9.98. The van der Waals surface area contributed by atoms with Gasteiger partial charge in [0.25, 0.3) is 0 Å². The minimum Gasteiger partial charge on any atom is -0.480 e. The van der Waals surface area contributed by atoms with Gasteiger partial charge in [-0.25, -0.2) is 9.59 Å². The first-order chi connectivity index (χ1) is 27.4. The number of aliphatic carboxylic acids is 1. The van der Waals surface area contributed by atoms with Crippen molar-refractivity contribution in [2.45, 2.75) is 101 Å². The summed E-state index contributed by atoms with van der Waals surface area (Å²) in [7, 11) is 1.61. The number of nitrogens with one attached hydrogen (secondary N) is 6. The van der Waals surface area contributed by atoms with Gasteiger partial charge in [0, 0.05) is 32.5 Å². The second-order valence-electron chi connectivity index (χ2n) is 14.4. The molecule has 0 saturated carbocycles. The van der Waals surface area contributed by atoms with E-state index < -0.39 is 54.0 Å². The van der Waals surface area contributed by atoms with Crippen molar-refractivity contribution in [2.24, 2.45) is 5.73 Å². The Morgan fingerprint density at radius 1 is 0.930 bits per heavy atom. The molecule has 1 heterocycles. The maximum absolute atomic E-state index is 13.7. The van der Waals surface area contributed by atoms with Crippen LogP contribution in [0.15, 0.2) is 60.7 Å². The number of carboxylic acid groups (broad SMARTS) is 1. The number of nitrogens with zero attached hydrogens (tertiary/aromatic N) is 1. The Morgan fingerprint density at radius 2 is 1.58 bits per heavy atom. The lowest BCUT2D eigenvalue weighted by molar-refractivity contribution is -0.142. The number of likely N-dealkylation sites (N-methyl/N-ethyl adjacent to an activating group) is 1. The van der Waals surface area contributed by atoms with Crippen LogP contribution in [-0.4, -0.2) is 103 Å². The van der Waals surface area contributed by atoms with Crippen LogP contribution < -0.4 is 32.3 Å². The number of carboxylic acids is 1. The summed E-state index contributed by atoms with van der Waals surface area (Å²) in [5.41, 5.74) is 9.63. The second kappa shape index (κ2) is 22.0. The van der Waals surface area contributed by atoms with Gasteiger partial charge in [-0.15, -0.1) is 0 Å². The SMILES string of the molecule is CC=CC[C@@H]1NC(=O)CCCCN(C)C(=O)[C@@H](NC(=O)OCC2c3ccccc3-c3ccccc32)CCCC[C@@H](C(=O)O)NC(=O)[C@H](CCCNC(=N)N)NC1=O. The molecule has 9 N–H and O–H groups in total. The molecule has 0 unspecified atom stereocenters. The number of rotatable bonds is 10. The summed E-state index contributed by atoms with van der Waals surface area (Å²) in [5.74, 6) is -3.81. The van der Waals surface area contributed by atoms with Crippen molar-refractivity contribution in [2.75, 3.05) is 26.7 Å². The number of carbonyl (C=O) groups is 6. The molecule has 1 aliphatic heterocycles. The highest BCUT2D eigenvalue weighted by atomic mass is 16.5. The van der Waals surface area contributed by atoms with Crippen molar-refractivity contribution in [3.63, 3.8) is 0 Å². The third-order valence-corrected chi connectivity index (χ3v) is 10.2. The van der Waals surface area contributed by atoms with E-state index in [1.165, 1.54) is 4.90 Å². The molecule has 1 saturated heterocycles. The molecule has 16 heteroatoms. The average molecular weight is 789 g/mol. The maximum atomic E-state index is 13.7. The molecule has 1 fully saturated rings. The maximum Gasteiger partial charge on any atom is 0.407 e. The van der Waals surface area contributed by atoms with Crippen molar-refractivity contribution in [3.8, 4) is 11.1 Å². The van der Waals surface area contributed by atoms with E-state index in [1.807, 2.05) is 48.5 Å². The number of benzene rings is 2. The third kappa shape index (κ3) is 13.1. The van der Waals surface area contributed by atoms with Gasteiger partial charge in [-0.1, -0.05) is 73.5 Å². The molecule has 1 aliphatic carbocycles. The van der Waals surface area contributed by atoms with Crippen LogP contribution in [0.2, 0.25) is 0 Å². The number of fused-ring (bicyclic) bond motifs is 3. The van der Waals surface area contributed by atoms with Gasteiger partial charge in [0.1, 0.15) is 30.8 Å². The first-order valence-corrected chi connectivity index (χ1v) is 19.6. The minimum atomic E-state index is -1.32. The van der Waals surface area contributed by atoms with Crippen LogP contribution in [-0.2, 0) is 28.7 Å². The van der Waals surface area contributed by atoms with Crippen LogP contribution in [0.4, 0.5) is 4.79 Å². The molecule has 2 aliphatic rings. The Balaban J connectivity index is 1.48. The van der Waals surface area contributed by atoms with Gasteiger partial charge < -0.3 is 47.1 Å². The molecule has 0 aromatic heterocycles. The van der Waals surface area contributed by atoms with Crippen LogP contribution in [0.3, 0.4) is 0 Å².